The van der Waals surface area contributed by atoms with Crippen molar-refractivity contribution in [1.82, 2.24) is 0 Å². The van der Waals surface area contributed by atoms with Crippen LogP contribution in [-0.2, 0) is 4.79 Å². The minimum absolute atomic E-state index is 0.149. The van der Waals surface area contributed by atoms with Gasteiger partial charge in [0.1, 0.15) is 5.82 Å². The van der Waals surface area contributed by atoms with Crippen molar-refractivity contribution >= 4 is 17.3 Å². The van der Waals surface area contributed by atoms with E-state index in [1.165, 1.54) is 38.7 Å². The minimum Gasteiger partial charge on any atom is -0.382 e. The molecule has 2 unspecified atom stereocenters. The Morgan fingerprint density at radius 1 is 1.40 bits per heavy atom. The molecule has 0 saturated heterocycles. The summed E-state index contributed by atoms with van der Waals surface area (Å²) in [4.78, 5) is 11.0. The van der Waals surface area contributed by atoms with Gasteiger partial charge in [-0.3, -0.25) is 4.79 Å². The van der Waals surface area contributed by atoms with Crippen LogP contribution < -0.4 is 10.6 Å². The van der Waals surface area contributed by atoms with E-state index in [1.807, 2.05) is 0 Å². The van der Waals surface area contributed by atoms with Crippen molar-refractivity contribution in [1.29, 1.82) is 0 Å². The molecule has 0 aromatic heterocycles. The minimum atomic E-state index is -0.275. The summed E-state index contributed by atoms with van der Waals surface area (Å²) in [5.41, 5.74) is 1.09. The summed E-state index contributed by atoms with van der Waals surface area (Å²) < 4.78 is 13.8. The third kappa shape index (κ3) is 4.22. The molecule has 3 nitrogen and oxygen atoms in total. The average Bonchev–Trinajstić information content (AvgIpc) is 2.39. The number of carbonyl (C=O) groups excluding carboxylic acids is 1. The van der Waals surface area contributed by atoms with Crippen LogP contribution in [0.2, 0.25) is 0 Å². The smallest absolute Gasteiger partial charge is 0.221 e. The third-order valence-electron chi connectivity index (χ3n) is 3.91. The maximum absolute atomic E-state index is 13.8. The van der Waals surface area contributed by atoms with Crippen LogP contribution in [-0.4, -0.2) is 12.5 Å². The normalized spacial score (nSPS) is 22.4. The van der Waals surface area contributed by atoms with E-state index in [2.05, 4.69) is 17.6 Å². The highest BCUT2D eigenvalue weighted by Crippen LogP contribution is 2.29. The van der Waals surface area contributed by atoms with E-state index < -0.39 is 0 Å². The Balaban J connectivity index is 1.95. The Kier molecular flexibility index (Phi) is 4.99. The number of hydrogen-bond donors (Lipinski definition) is 2. The molecular formula is C16H23FN2O. The van der Waals surface area contributed by atoms with E-state index in [-0.39, 0.29) is 11.7 Å². The van der Waals surface area contributed by atoms with E-state index in [4.69, 9.17) is 0 Å². The standard InChI is InChI=1S/C16H23FN2O/c1-11-4-3-5-13(8-11)10-18-16-9-14(19-12(2)20)6-7-15(16)17/h6-7,9,11,13,18H,3-5,8,10H2,1-2H3,(H,19,20). The van der Waals surface area contributed by atoms with Crippen LogP contribution in [0.1, 0.15) is 39.5 Å². The highest BCUT2D eigenvalue weighted by molar-refractivity contribution is 5.89. The second-order valence-electron chi connectivity index (χ2n) is 5.89. The van der Waals surface area contributed by atoms with Crippen molar-refractivity contribution < 1.29 is 9.18 Å². The van der Waals surface area contributed by atoms with Gasteiger partial charge in [0.25, 0.3) is 0 Å². The van der Waals surface area contributed by atoms with Crippen LogP contribution in [0.15, 0.2) is 18.2 Å². The van der Waals surface area contributed by atoms with Crippen LogP contribution in [0.4, 0.5) is 15.8 Å². The lowest BCUT2D eigenvalue weighted by atomic mass is 9.82. The third-order valence-corrected chi connectivity index (χ3v) is 3.91. The van der Waals surface area contributed by atoms with Crippen LogP contribution in [0.3, 0.4) is 0 Å². The molecule has 20 heavy (non-hydrogen) atoms. The van der Waals surface area contributed by atoms with E-state index in [9.17, 15) is 9.18 Å². The summed E-state index contributed by atoms with van der Waals surface area (Å²) >= 11 is 0. The number of nitrogens with one attached hydrogen (secondary N) is 2. The molecular weight excluding hydrogens is 255 g/mol. The maximum Gasteiger partial charge on any atom is 0.221 e. The van der Waals surface area contributed by atoms with Crippen molar-refractivity contribution in [2.45, 2.75) is 39.5 Å². The molecule has 110 valence electrons. The highest BCUT2D eigenvalue weighted by Gasteiger charge is 2.18. The average molecular weight is 278 g/mol. The van der Waals surface area contributed by atoms with Crippen LogP contribution in [0, 0.1) is 17.7 Å². The van der Waals surface area contributed by atoms with Gasteiger partial charge in [-0.05, 0) is 42.9 Å². The first-order chi connectivity index (χ1) is 9.54. The lowest BCUT2D eigenvalue weighted by Gasteiger charge is -2.27. The maximum atomic E-state index is 13.8. The first-order valence-electron chi connectivity index (χ1n) is 7.35. The molecule has 1 aromatic carbocycles. The van der Waals surface area contributed by atoms with E-state index in [0.717, 1.165) is 12.5 Å². The van der Waals surface area contributed by atoms with Gasteiger partial charge >= 0.3 is 0 Å². The Bertz CT molecular complexity index is 476. The number of amides is 1. The van der Waals surface area contributed by atoms with Gasteiger partial charge < -0.3 is 10.6 Å². The van der Waals surface area contributed by atoms with Gasteiger partial charge in [-0.25, -0.2) is 4.39 Å². The Morgan fingerprint density at radius 3 is 2.90 bits per heavy atom. The number of halogens is 1. The molecule has 0 heterocycles. The number of hydrogen-bond acceptors (Lipinski definition) is 2. The summed E-state index contributed by atoms with van der Waals surface area (Å²) in [6.45, 7) is 4.52. The van der Waals surface area contributed by atoms with Crippen LogP contribution in [0.5, 0.6) is 0 Å². The fourth-order valence-electron chi connectivity index (χ4n) is 2.94. The van der Waals surface area contributed by atoms with Crippen molar-refractivity contribution in [3.05, 3.63) is 24.0 Å². The summed E-state index contributed by atoms with van der Waals surface area (Å²) in [6.07, 6.45) is 5.00. The first kappa shape index (κ1) is 14.8. The molecule has 2 atom stereocenters. The number of carbonyl (C=O) groups is 1. The topological polar surface area (TPSA) is 41.1 Å². The summed E-state index contributed by atoms with van der Waals surface area (Å²) in [7, 11) is 0. The zero-order valence-corrected chi connectivity index (χ0v) is 12.2. The molecule has 0 spiro atoms. The van der Waals surface area contributed by atoms with Gasteiger partial charge in [0.2, 0.25) is 5.91 Å². The lowest BCUT2D eigenvalue weighted by Crippen LogP contribution is -2.21. The van der Waals surface area contributed by atoms with Gasteiger partial charge in [-0.1, -0.05) is 19.8 Å². The van der Waals surface area contributed by atoms with E-state index in [0.29, 0.717) is 17.3 Å². The molecule has 1 aliphatic rings. The van der Waals surface area contributed by atoms with Crippen molar-refractivity contribution in [3.63, 3.8) is 0 Å². The number of rotatable bonds is 4. The van der Waals surface area contributed by atoms with E-state index in [1.54, 1.807) is 12.1 Å². The number of benzene rings is 1. The zero-order chi connectivity index (χ0) is 14.5. The fourth-order valence-corrected chi connectivity index (χ4v) is 2.94. The van der Waals surface area contributed by atoms with Gasteiger partial charge in [-0.2, -0.15) is 0 Å². The SMILES string of the molecule is CC(=O)Nc1ccc(F)c(NCC2CCCC(C)C2)c1. The molecule has 2 N–H and O–H groups in total. The van der Waals surface area contributed by atoms with Gasteiger partial charge in [0.05, 0.1) is 5.69 Å². The largest absolute Gasteiger partial charge is 0.382 e. The van der Waals surface area contributed by atoms with Crippen molar-refractivity contribution in [2.75, 3.05) is 17.2 Å². The van der Waals surface area contributed by atoms with Gasteiger partial charge in [-0.15, -0.1) is 0 Å². The second kappa shape index (κ2) is 6.73. The second-order valence-corrected chi connectivity index (χ2v) is 5.89. The quantitative estimate of drug-likeness (QED) is 0.873. The molecule has 1 aromatic rings. The molecule has 0 aliphatic heterocycles. The summed E-state index contributed by atoms with van der Waals surface area (Å²) in [5, 5.41) is 5.86. The predicted octanol–water partition coefficient (Wildman–Crippen LogP) is 4.02. The Hall–Kier alpha value is -1.58. The van der Waals surface area contributed by atoms with Gasteiger partial charge in [0.15, 0.2) is 0 Å². The van der Waals surface area contributed by atoms with Crippen molar-refractivity contribution in [3.8, 4) is 0 Å². The zero-order valence-electron chi connectivity index (χ0n) is 12.2. The molecule has 1 amide bonds. The predicted molar refractivity (Wildman–Crippen MR) is 80.3 cm³/mol. The molecule has 4 heteroatoms. The molecule has 0 bridgehead atoms. The fraction of sp³-hybridized carbons (Fsp3) is 0.562. The van der Waals surface area contributed by atoms with E-state index >= 15 is 0 Å². The molecule has 1 aliphatic carbocycles. The first-order valence-corrected chi connectivity index (χ1v) is 7.35. The molecule has 2 rings (SSSR count). The lowest BCUT2D eigenvalue weighted by molar-refractivity contribution is -0.114. The Morgan fingerprint density at radius 2 is 2.20 bits per heavy atom. The summed E-state index contributed by atoms with van der Waals surface area (Å²) in [6, 6.07) is 4.62. The van der Waals surface area contributed by atoms with Crippen LogP contribution in [0.25, 0.3) is 0 Å². The molecule has 0 radical (unpaired) electrons. The monoisotopic (exact) mass is 278 g/mol. The van der Waals surface area contributed by atoms with Gasteiger partial charge in [0, 0.05) is 19.2 Å². The number of anilines is 2. The molecule has 1 fully saturated rings. The highest BCUT2D eigenvalue weighted by atomic mass is 19.1. The Labute approximate surface area is 120 Å². The van der Waals surface area contributed by atoms with Crippen molar-refractivity contribution in [2.24, 2.45) is 11.8 Å². The van der Waals surface area contributed by atoms with Crippen LogP contribution >= 0.6 is 0 Å². The summed E-state index contributed by atoms with van der Waals surface area (Å²) in [5.74, 6) is 0.959. The molecule has 1 saturated carbocycles.